The van der Waals surface area contributed by atoms with Gasteiger partial charge in [-0.25, -0.2) is 4.98 Å². The van der Waals surface area contributed by atoms with Crippen molar-refractivity contribution in [2.45, 2.75) is 45.1 Å². The molecule has 1 aromatic carbocycles. The van der Waals surface area contributed by atoms with Gasteiger partial charge in [-0.3, -0.25) is 9.69 Å². The van der Waals surface area contributed by atoms with Crippen molar-refractivity contribution < 1.29 is 9.53 Å². The highest BCUT2D eigenvalue weighted by molar-refractivity contribution is 5.76. The summed E-state index contributed by atoms with van der Waals surface area (Å²) in [5.74, 6) is 1.07. The number of nitrogens with zero attached hydrogens (tertiary/aromatic N) is 2. The number of imidazole rings is 1. The molecule has 142 valence electrons. The molecule has 1 aliphatic heterocycles. The fourth-order valence-electron chi connectivity index (χ4n) is 3.48. The minimum atomic E-state index is -0.00181. The van der Waals surface area contributed by atoms with Crippen molar-refractivity contribution in [3.63, 3.8) is 0 Å². The van der Waals surface area contributed by atoms with Crippen molar-refractivity contribution in [2.75, 3.05) is 32.8 Å². The van der Waals surface area contributed by atoms with E-state index < -0.39 is 0 Å². The number of ether oxygens (including phenoxy) is 1. The summed E-state index contributed by atoms with van der Waals surface area (Å²) >= 11 is 0. The standard InChI is InChI=1S/C20H30N4O2/c1-3-20(2,24-11-13-26-14-12-24)15-21-19(25)10-6-9-18-22-16-7-4-5-8-17(16)23-18/h4-5,7-8H,3,6,9-15H2,1-2H3,(H,21,25)(H,22,23)/t20-/m1/s1. The average molecular weight is 358 g/mol. The number of aromatic nitrogens is 2. The number of carbonyl (C=O) groups is 1. The van der Waals surface area contributed by atoms with Gasteiger partial charge in [-0.05, 0) is 31.9 Å². The van der Waals surface area contributed by atoms with Crippen LogP contribution in [0.2, 0.25) is 0 Å². The Balaban J connectivity index is 1.43. The number of hydrogen-bond acceptors (Lipinski definition) is 4. The number of carbonyl (C=O) groups excluding carboxylic acids is 1. The second-order valence-electron chi connectivity index (χ2n) is 7.28. The summed E-state index contributed by atoms with van der Waals surface area (Å²) in [6.45, 7) is 8.53. The highest BCUT2D eigenvalue weighted by Gasteiger charge is 2.31. The van der Waals surface area contributed by atoms with Crippen LogP contribution >= 0.6 is 0 Å². The van der Waals surface area contributed by atoms with Gasteiger partial charge in [-0.15, -0.1) is 0 Å². The molecule has 0 aliphatic carbocycles. The van der Waals surface area contributed by atoms with Crippen LogP contribution in [0.15, 0.2) is 24.3 Å². The van der Waals surface area contributed by atoms with Crippen molar-refractivity contribution in [3.8, 4) is 0 Å². The summed E-state index contributed by atoms with van der Waals surface area (Å²) < 4.78 is 5.44. The molecular formula is C20H30N4O2. The molecule has 0 unspecified atom stereocenters. The molecule has 6 heteroatoms. The van der Waals surface area contributed by atoms with Gasteiger partial charge in [0.2, 0.25) is 5.91 Å². The molecule has 2 aromatic rings. The Bertz CT molecular complexity index is 690. The quantitative estimate of drug-likeness (QED) is 0.761. The monoisotopic (exact) mass is 358 g/mol. The number of benzene rings is 1. The summed E-state index contributed by atoms with van der Waals surface area (Å²) in [6, 6.07) is 8.01. The smallest absolute Gasteiger partial charge is 0.220 e. The van der Waals surface area contributed by atoms with Gasteiger partial charge >= 0.3 is 0 Å². The minimum Gasteiger partial charge on any atom is -0.379 e. The summed E-state index contributed by atoms with van der Waals surface area (Å²) in [5.41, 5.74) is 2.03. The number of morpholine rings is 1. The summed E-state index contributed by atoms with van der Waals surface area (Å²) in [6.07, 6.45) is 3.12. The van der Waals surface area contributed by atoms with E-state index in [1.165, 1.54) is 0 Å². The third-order valence-corrected chi connectivity index (χ3v) is 5.46. The maximum absolute atomic E-state index is 12.3. The van der Waals surface area contributed by atoms with E-state index in [0.29, 0.717) is 13.0 Å². The lowest BCUT2D eigenvalue weighted by Gasteiger charge is -2.43. The molecule has 1 aromatic heterocycles. The fourth-order valence-corrected chi connectivity index (χ4v) is 3.48. The predicted molar refractivity (Wildman–Crippen MR) is 103 cm³/mol. The number of para-hydroxylation sites is 2. The minimum absolute atomic E-state index is 0.00181. The normalized spacial score (nSPS) is 17.9. The Kier molecular flexibility index (Phi) is 6.27. The lowest BCUT2D eigenvalue weighted by molar-refractivity contribution is -0.122. The van der Waals surface area contributed by atoms with Crippen LogP contribution in [0.4, 0.5) is 0 Å². The molecule has 0 spiro atoms. The SMILES string of the molecule is CC[C@](C)(CNC(=O)CCCc1nc2ccccc2[nH]1)N1CCOCC1. The van der Waals surface area contributed by atoms with Gasteiger partial charge in [0, 0.05) is 38.0 Å². The zero-order valence-corrected chi connectivity index (χ0v) is 15.9. The van der Waals surface area contributed by atoms with Crippen molar-refractivity contribution in [2.24, 2.45) is 0 Å². The van der Waals surface area contributed by atoms with Crippen LogP contribution in [0.3, 0.4) is 0 Å². The molecule has 0 radical (unpaired) electrons. The number of rotatable bonds is 8. The van der Waals surface area contributed by atoms with Crippen LogP contribution in [0.1, 0.15) is 38.9 Å². The topological polar surface area (TPSA) is 70.2 Å². The third-order valence-electron chi connectivity index (χ3n) is 5.46. The number of hydrogen-bond donors (Lipinski definition) is 2. The van der Waals surface area contributed by atoms with Gasteiger partial charge < -0.3 is 15.0 Å². The molecule has 1 saturated heterocycles. The Morgan fingerprint density at radius 3 is 2.85 bits per heavy atom. The van der Waals surface area contributed by atoms with Crippen LogP contribution < -0.4 is 5.32 Å². The van der Waals surface area contributed by atoms with E-state index in [0.717, 1.165) is 62.4 Å². The first-order valence-corrected chi connectivity index (χ1v) is 9.64. The maximum Gasteiger partial charge on any atom is 0.220 e. The molecule has 6 nitrogen and oxygen atoms in total. The van der Waals surface area contributed by atoms with E-state index in [2.05, 4.69) is 34.0 Å². The second kappa shape index (κ2) is 8.64. The number of aryl methyl sites for hydroxylation is 1. The number of H-pyrrole nitrogens is 1. The Morgan fingerprint density at radius 1 is 1.35 bits per heavy atom. The molecule has 0 saturated carbocycles. The molecule has 1 fully saturated rings. The molecule has 1 atom stereocenters. The summed E-state index contributed by atoms with van der Waals surface area (Å²) in [5, 5.41) is 3.13. The zero-order valence-electron chi connectivity index (χ0n) is 15.9. The van der Waals surface area contributed by atoms with Gasteiger partial charge in [0.15, 0.2) is 0 Å². The molecule has 2 heterocycles. The summed E-state index contributed by atoms with van der Waals surface area (Å²) in [4.78, 5) is 22.6. The molecular weight excluding hydrogens is 328 g/mol. The van der Waals surface area contributed by atoms with Gasteiger partial charge in [0.1, 0.15) is 5.82 Å². The second-order valence-corrected chi connectivity index (χ2v) is 7.28. The largest absolute Gasteiger partial charge is 0.379 e. The van der Waals surface area contributed by atoms with Crippen molar-refractivity contribution in [1.29, 1.82) is 0 Å². The third kappa shape index (κ3) is 4.62. The first-order valence-electron chi connectivity index (χ1n) is 9.64. The van der Waals surface area contributed by atoms with E-state index >= 15 is 0 Å². The zero-order chi connectivity index (χ0) is 18.4. The Hall–Kier alpha value is -1.92. The predicted octanol–water partition coefficient (Wildman–Crippen LogP) is 2.50. The van der Waals surface area contributed by atoms with Crippen LogP contribution in [0, 0.1) is 0 Å². The summed E-state index contributed by atoms with van der Waals surface area (Å²) in [7, 11) is 0. The number of nitrogens with one attached hydrogen (secondary N) is 2. The lowest BCUT2D eigenvalue weighted by atomic mass is 9.95. The van der Waals surface area contributed by atoms with Crippen LogP contribution in [0.5, 0.6) is 0 Å². The first-order chi connectivity index (χ1) is 12.6. The fraction of sp³-hybridized carbons (Fsp3) is 0.600. The average Bonchev–Trinajstić information content (AvgIpc) is 3.09. The van der Waals surface area contributed by atoms with E-state index in [1.807, 2.05) is 24.3 Å². The van der Waals surface area contributed by atoms with Crippen molar-refractivity contribution >= 4 is 16.9 Å². The first kappa shape index (κ1) is 18.9. The number of aromatic amines is 1. The lowest BCUT2D eigenvalue weighted by Crippen LogP contribution is -2.56. The van der Waals surface area contributed by atoms with Crippen LogP contribution in [-0.2, 0) is 16.0 Å². The molecule has 3 rings (SSSR count). The van der Waals surface area contributed by atoms with E-state index in [4.69, 9.17) is 4.74 Å². The van der Waals surface area contributed by atoms with Gasteiger partial charge in [-0.1, -0.05) is 19.1 Å². The maximum atomic E-state index is 12.3. The van der Waals surface area contributed by atoms with Gasteiger partial charge in [-0.2, -0.15) is 0 Å². The molecule has 2 N–H and O–H groups in total. The van der Waals surface area contributed by atoms with E-state index in [-0.39, 0.29) is 11.4 Å². The van der Waals surface area contributed by atoms with Crippen molar-refractivity contribution in [1.82, 2.24) is 20.2 Å². The van der Waals surface area contributed by atoms with Gasteiger partial charge in [0.05, 0.1) is 24.2 Å². The molecule has 1 amide bonds. The number of fused-ring (bicyclic) bond motifs is 1. The Labute approximate surface area is 155 Å². The van der Waals surface area contributed by atoms with E-state index in [1.54, 1.807) is 0 Å². The van der Waals surface area contributed by atoms with Crippen LogP contribution in [-0.4, -0.2) is 59.2 Å². The molecule has 1 aliphatic rings. The van der Waals surface area contributed by atoms with Crippen molar-refractivity contribution in [3.05, 3.63) is 30.1 Å². The van der Waals surface area contributed by atoms with Crippen LogP contribution in [0.25, 0.3) is 11.0 Å². The molecule has 0 bridgehead atoms. The molecule has 26 heavy (non-hydrogen) atoms. The van der Waals surface area contributed by atoms with E-state index in [9.17, 15) is 4.79 Å². The Morgan fingerprint density at radius 2 is 2.12 bits per heavy atom. The highest BCUT2D eigenvalue weighted by atomic mass is 16.5. The number of amides is 1. The van der Waals surface area contributed by atoms with Gasteiger partial charge in [0.25, 0.3) is 0 Å². The highest BCUT2D eigenvalue weighted by Crippen LogP contribution is 2.20.